The summed E-state index contributed by atoms with van der Waals surface area (Å²) in [5.41, 5.74) is -0.453. The molecule has 0 spiro atoms. The molecule has 6 heteroatoms. The van der Waals surface area contributed by atoms with Crippen molar-refractivity contribution in [3.63, 3.8) is 0 Å². The average molecular weight is 297 g/mol. The van der Waals surface area contributed by atoms with Crippen LogP contribution in [0.5, 0.6) is 0 Å². The summed E-state index contributed by atoms with van der Waals surface area (Å²) in [5, 5.41) is 13.5. The third-order valence-electron chi connectivity index (χ3n) is 2.66. The van der Waals surface area contributed by atoms with E-state index in [9.17, 15) is 9.59 Å². The highest BCUT2D eigenvalue weighted by molar-refractivity contribution is 5.91. The van der Waals surface area contributed by atoms with Gasteiger partial charge in [0.1, 0.15) is 5.60 Å². The van der Waals surface area contributed by atoms with E-state index in [1.54, 1.807) is 0 Å². The minimum absolute atomic E-state index is 0.365. The van der Waals surface area contributed by atoms with Gasteiger partial charge in [0.25, 0.3) is 0 Å². The number of amides is 2. The van der Waals surface area contributed by atoms with Crippen molar-refractivity contribution in [3.8, 4) is 6.07 Å². The fraction of sp³-hybridized carbons (Fsp3) is 0.800. The molecule has 0 rings (SSSR count). The summed E-state index contributed by atoms with van der Waals surface area (Å²) >= 11 is 0. The lowest BCUT2D eigenvalue weighted by molar-refractivity contribution is -0.115. The molecule has 0 heterocycles. The lowest BCUT2D eigenvalue weighted by atomic mass is 10.1. The Morgan fingerprint density at radius 2 is 1.43 bits per heavy atom. The molecular formula is C15H27N3O3. The van der Waals surface area contributed by atoms with E-state index < -0.39 is 11.5 Å². The number of rotatable bonds is 9. The van der Waals surface area contributed by atoms with Crippen LogP contribution in [0.2, 0.25) is 0 Å². The molecule has 0 aromatic rings. The van der Waals surface area contributed by atoms with Crippen LogP contribution in [0.1, 0.15) is 59.3 Å². The smallest absolute Gasteiger partial charge is 0.407 e. The normalized spacial score (nSPS) is 10.6. The summed E-state index contributed by atoms with van der Waals surface area (Å²) in [6.45, 7) is 6.71. The molecule has 21 heavy (non-hydrogen) atoms. The number of alkyl carbamates (subject to hydrolysis) is 1. The third-order valence-corrected chi connectivity index (χ3v) is 2.66. The number of nitrogens with zero attached hydrogens (tertiary/aromatic N) is 1. The van der Waals surface area contributed by atoms with Gasteiger partial charge in [-0.15, -0.1) is 0 Å². The fourth-order valence-corrected chi connectivity index (χ4v) is 1.70. The summed E-state index contributed by atoms with van der Waals surface area (Å²) in [6, 6.07) is 1.52. The summed E-state index contributed by atoms with van der Waals surface area (Å²) in [5.74, 6) is -0.566. The van der Waals surface area contributed by atoms with Gasteiger partial charge >= 0.3 is 12.0 Å². The van der Waals surface area contributed by atoms with E-state index in [0.717, 1.165) is 38.5 Å². The van der Waals surface area contributed by atoms with Crippen molar-refractivity contribution in [2.24, 2.45) is 0 Å². The van der Waals surface area contributed by atoms with Crippen LogP contribution < -0.4 is 10.6 Å². The SMILES string of the molecule is CC(C)(C)OC(=O)NCCCCCCCCNC(=O)C#N. The Balaban J connectivity index is 3.28. The maximum atomic E-state index is 11.4. The first-order valence-electron chi connectivity index (χ1n) is 7.50. The van der Waals surface area contributed by atoms with Crippen LogP contribution in [0.3, 0.4) is 0 Å². The van der Waals surface area contributed by atoms with E-state index in [1.807, 2.05) is 20.8 Å². The van der Waals surface area contributed by atoms with E-state index in [0.29, 0.717) is 13.1 Å². The number of carbonyl (C=O) groups is 2. The lowest BCUT2D eigenvalue weighted by Crippen LogP contribution is -2.32. The van der Waals surface area contributed by atoms with Crippen LogP contribution in [0.15, 0.2) is 0 Å². The highest BCUT2D eigenvalue weighted by Gasteiger charge is 2.15. The van der Waals surface area contributed by atoms with Crippen molar-refractivity contribution in [2.75, 3.05) is 13.1 Å². The van der Waals surface area contributed by atoms with Gasteiger partial charge in [-0.2, -0.15) is 5.26 Å². The minimum atomic E-state index is -0.566. The zero-order chi connectivity index (χ0) is 16.1. The first kappa shape index (κ1) is 19.2. The number of hydrogen-bond acceptors (Lipinski definition) is 4. The summed E-state index contributed by atoms with van der Waals surface area (Å²) in [7, 11) is 0. The summed E-state index contributed by atoms with van der Waals surface area (Å²) in [4.78, 5) is 22.0. The van der Waals surface area contributed by atoms with Crippen LogP contribution in [0.4, 0.5) is 4.79 Å². The van der Waals surface area contributed by atoms with Gasteiger partial charge in [-0.25, -0.2) is 4.79 Å². The van der Waals surface area contributed by atoms with Crippen molar-refractivity contribution < 1.29 is 14.3 Å². The van der Waals surface area contributed by atoms with Crippen molar-refractivity contribution in [2.45, 2.75) is 64.9 Å². The van der Waals surface area contributed by atoms with Gasteiger partial charge in [0.15, 0.2) is 6.07 Å². The summed E-state index contributed by atoms with van der Waals surface area (Å²) in [6.07, 6.45) is 5.74. The molecule has 0 aliphatic rings. The number of hydrogen-bond donors (Lipinski definition) is 2. The first-order chi connectivity index (χ1) is 9.85. The molecule has 2 N–H and O–H groups in total. The van der Waals surface area contributed by atoms with Gasteiger partial charge in [-0.05, 0) is 33.6 Å². The number of unbranched alkanes of at least 4 members (excludes halogenated alkanes) is 5. The molecule has 0 aliphatic carbocycles. The van der Waals surface area contributed by atoms with Crippen LogP contribution in [-0.4, -0.2) is 30.7 Å². The van der Waals surface area contributed by atoms with E-state index in [-0.39, 0.29) is 6.09 Å². The molecule has 6 nitrogen and oxygen atoms in total. The Kier molecular flexibility index (Phi) is 10.0. The second kappa shape index (κ2) is 11.0. The van der Waals surface area contributed by atoms with E-state index in [4.69, 9.17) is 10.00 Å². The number of carbonyl (C=O) groups excluding carboxylic acids is 2. The topological polar surface area (TPSA) is 91.2 Å². The molecule has 0 aliphatic heterocycles. The molecule has 0 atom stereocenters. The molecule has 0 aromatic heterocycles. The van der Waals surface area contributed by atoms with Gasteiger partial charge in [0.2, 0.25) is 0 Å². The fourth-order valence-electron chi connectivity index (χ4n) is 1.70. The molecule has 2 amide bonds. The van der Waals surface area contributed by atoms with Crippen LogP contribution in [0.25, 0.3) is 0 Å². The molecule has 0 bridgehead atoms. The maximum Gasteiger partial charge on any atom is 0.407 e. The molecule has 0 aromatic carbocycles. The largest absolute Gasteiger partial charge is 0.444 e. The molecule has 0 saturated heterocycles. The van der Waals surface area contributed by atoms with Crippen LogP contribution >= 0.6 is 0 Å². The second-order valence-electron chi connectivity index (χ2n) is 5.92. The third kappa shape index (κ3) is 14.4. The number of nitrogens with one attached hydrogen (secondary N) is 2. The Bertz CT molecular complexity index is 356. The van der Waals surface area contributed by atoms with Crippen LogP contribution in [0, 0.1) is 11.3 Å². The minimum Gasteiger partial charge on any atom is -0.444 e. The second-order valence-corrected chi connectivity index (χ2v) is 5.92. The van der Waals surface area contributed by atoms with Gasteiger partial charge in [0.05, 0.1) is 0 Å². The van der Waals surface area contributed by atoms with Gasteiger partial charge < -0.3 is 15.4 Å². The lowest BCUT2D eigenvalue weighted by Gasteiger charge is -2.19. The molecule has 0 fully saturated rings. The zero-order valence-corrected chi connectivity index (χ0v) is 13.3. The first-order valence-corrected chi connectivity index (χ1v) is 7.50. The molecular weight excluding hydrogens is 270 g/mol. The number of nitriles is 1. The maximum absolute atomic E-state index is 11.4. The molecule has 0 radical (unpaired) electrons. The Morgan fingerprint density at radius 1 is 0.952 bits per heavy atom. The van der Waals surface area contributed by atoms with Crippen molar-refractivity contribution in [3.05, 3.63) is 0 Å². The van der Waals surface area contributed by atoms with Crippen molar-refractivity contribution in [1.82, 2.24) is 10.6 Å². The quantitative estimate of drug-likeness (QED) is 0.505. The molecule has 120 valence electrons. The Morgan fingerprint density at radius 3 is 1.90 bits per heavy atom. The standard InChI is InChI=1S/C15H27N3O3/c1-15(2,3)21-14(20)18-11-9-7-5-4-6-8-10-17-13(19)12-16/h4-11H2,1-3H3,(H,17,19)(H,18,20). The van der Waals surface area contributed by atoms with Gasteiger partial charge in [0, 0.05) is 13.1 Å². The van der Waals surface area contributed by atoms with Gasteiger partial charge in [-0.1, -0.05) is 25.7 Å². The average Bonchev–Trinajstić information content (AvgIpc) is 2.38. The predicted octanol–water partition coefficient (Wildman–Crippen LogP) is 2.49. The van der Waals surface area contributed by atoms with E-state index in [2.05, 4.69) is 10.6 Å². The highest BCUT2D eigenvalue weighted by Crippen LogP contribution is 2.07. The molecule has 0 saturated carbocycles. The summed E-state index contributed by atoms with van der Waals surface area (Å²) < 4.78 is 5.13. The van der Waals surface area contributed by atoms with Crippen molar-refractivity contribution >= 4 is 12.0 Å². The Labute approximate surface area is 127 Å². The zero-order valence-electron chi connectivity index (χ0n) is 13.3. The van der Waals surface area contributed by atoms with E-state index in [1.165, 1.54) is 6.07 Å². The monoisotopic (exact) mass is 297 g/mol. The Hall–Kier alpha value is -1.77. The predicted molar refractivity (Wildman–Crippen MR) is 80.6 cm³/mol. The van der Waals surface area contributed by atoms with E-state index >= 15 is 0 Å². The molecule has 0 unspecified atom stereocenters. The van der Waals surface area contributed by atoms with Crippen LogP contribution in [-0.2, 0) is 9.53 Å². The van der Waals surface area contributed by atoms with Crippen molar-refractivity contribution in [1.29, 1.82) is 5.26 Å². The highest BCUT2D eigenvalue weighted by atomic mass is 16.6. The number of ether oxygens (including phenoxy) is 1. The van der Waals surface area contributed by atoms with Gasteiger partial charge in [-0.3, -0.25) is 4.79 Å².